The second kappa shape index (κ2) is 7.79. The molecule has 1 saturated heterocycles. The van der Waals surface area contributed by atoms with E-state index in [-0.39, 0.29) is 5.91 Å². The van der Waals surface area contributed by atoms with E-state index in [0.29, 0.717) is 11.4 Å². The number of para-hydroxylation sites is 1. The minimum atomic E-state index is -0.00157. The van der Waals surface area contributed by atoms with E-state index >= 15 is 0 Å². The summed E-state index contributed by atoms with van der Waals surface area (Å²) in [5.41, 5.74) is 4.11. The van der Waals surface area contributed by atoms with Crippen molar-refractivity contribution in [2.75, 3.05) is 13.7 Å². The molecular weight excluding hydrogens is 344 g/mol. The fourth-order valence-electron chi connectivity index (χ4n) is 2.80. The lowest BCUT2D eigenvalue weighted by Gasteiger charge is -2.13. The van der Waals surface area contributed by atoms with Gasteiger partial charge < -0.3 is 4.74 Å². The normalized spacial score (nSPS) is 17.4. The van der Waals surface area contributed by atoms with Crippen LogP contribution in [0.4, 0.5) is 5.69 Å². The van der Waals surface area contributed by atoms with Crippen LogP contribution in [0.25, 0.3) is 6.08 Å². The number of carbonyl (C=O) groups excluding carboxylic acids is 1. The van der Waals surface area contributed by atoms with Crippen molar-refractivity contribution >= 4 is 34.6 Å². The van der Waals surface area contributed by atoms with E-state index in [1.807, 2.05) is 69.3 Å². The second-order valence-corrected chi connectivity index (χ2v) is 7.08. The van der Waals surface area contributed by atoms with Crippen LogP contribution in [0.15, 0.2) is 52.4 Å². The number of ether oxygens (including phenoxy) is 1. The van der Waals surface area contributed by atoms with Gasteiger partial charge in [0, 0.05) is 6.54 Å². The smallest absolute Gasteiger partial charge is 0.266 e. The van der Waals surface area contributed by atoms with Crippen molar-refractivity contribution in [1.29, 1.82) is 0 Å². The van der Waals surface area contributed by atoms with Crippen molar-refractivity contribution in [3.63, 3.8) is 0 Å². The lowest BCUT2D eigenvalue weighted by molar-refractivity contribution is -0.122. The molecule has 2 aromatic rings. The van der Waals surface area contributed by atoms with Gasteiger partial charge in [-0.1, -0.05) is 30.3 Å². The first-order valence-corrected chi connectivity index (χ1v) is 9.35. The molecule has 0 unspecified atom stereocenters. The van der Waals surface area contributed by atoms with Crippen molar-refractivity contribution < 1.29 is 9.53 Å². The summed E-state index contributed by atoms with van der Waals surface area (Å²) in [6, 6.07) is 13.8. The lowest BCUT2D eigenvalue weighted by Crippen LogP contribution is -2.28. The van der Waals surface area contributed by atoms with Crippen LogP contribution < -0.4 is 4.74 Å². The molecule has 1 amide bonds. The van der Waals surface area contributed by atoms with Crippen LogP contribution in [0.2, 0.25) is 0 Å². The summed E-state index contributed by atoms with van der Waals surface area (Å²) in [7, 11) is 1.64. The van der Waals surface area contributed by atoms with Gasteiger partial charge in [-0.2, -0.15) is 0 Å². The molecule has 3 rings (SSSR count). The van der Waals surface area contributed by atoms with E-state index in [2.05, 4.69) is 0 Å². The topological polar surface area (TPSA) is 41.9 Å². The van der Waals surface area contributed by atoms with Crippen molar-refractivity contribution in [2.24, 2.45) is 4.99 Å². The molecule has 0 bridgehead atoms. The van der Waals surface area contributed by atoms with Gasteiger partial charge in [-0.15, -0.1) is 0 Å². The number of carbonyl (C=O) groups is 1. The first-order valence-electron chi connectivity index (χ1n) is 8.54. The monoisotopic (exact) mass is 366 g/mol. The molecule has 0 aliphatic carbocycles. The molecule has 1 fully saturated rings. The van der Waals surface area contributed by atoms with Gasteiger partial charge in [0.1, 0.15) is 5.75 Å². The molecule has 0 radical (unpaired) electrons. The van der Waals surface area contributed by atoms with Crippen molar-refractivity contribution in [3.05, 3.63) is 64.1 Å². The highest BCUT2D eigenvalue weighted by molar-refractivity contribution is 8.18. The predicted octanol–water partition coefficient (Wildman–Crippen LogP) is 4.94. The van der Waals surface area contributed by atoms with Crippen molar-refractivity contribution in [1.82, 2.24) is 4.90 Å². The molecule has 1 aliphatic rings. The first kappa shape index (κ1) is 18.3. The second-order valence-electron chi connectivity index (χ2n) is 6.07. The molecule has 0 N–H and O–H groups in total. The van der Waals surface area contributed by atoms with Gasteiger partial charge in [-0.25, -0.2) is 4.99 Å². The number of benzene rings is 2. The number of hydrogen-bond acceptors (Lipinski definition) is 4. The predicted molar refractivity (Wildman–Crippen MR) is 109 cm³/mol. The van der Waals surface area contributed by atoms with Gasteiger partial charge in [0.2, 0.25) is 0 Å². The Morgan fingerprint density at radius 1 is 1.12 bits per heavy atom. The molecule has 0 saturated carbocycles. The van der Waals surface area contributed by atoms with Gasteiger partial charge >= 0.3 is 0 Å². The minimum absolute atomic E-state index is 0.00157. The number of amidine groups is 1. The summed E-state index contributed by atoms with van der Waals surface area (Å²) in [5.74, 6) is 0.795. The summed E-state index contributed by atoms with van der Waals surface area (Å²) >= 11 is 1.42. The number of likely N-dealkylation sites (N-methyl/N-ethyl adjacent to an activating group) is 1. The number of aliphatic imine (C=N–C) groups is 1. The van der Waals surface area contributed by atoms with E-state index < -0.39 is 0 Å². The van der Waals surface area contributed by atoms with Gasteiger partial charge in [0.25, 0.3) is 5.91 Å². The van der Waals surface area contributed by atoms with Crippen molar-refractivity contribution in [3.8, 4) is 5.75 Å². The summed E-state index contributed by atoms with van der Waals surface area (Å²) in [5, 5.41) is 0.731. The third kappa shape index (κ3) is 3.68. The largest absolute Gasteiger partial charge is 0.497 e. The van der Waals surface area contributed by atoms with Crippen LogP contribution in [0.3, 0.4) is 0 Å². The Bertz CT molecular complexity index is 865. The fraction of sp³-hybridized carbons (Fsp3) is 0.238. The number of aryl methyl sites for hydroxylation is 2. The summed E-state index contributed by atoms with van der Waals surface area (Å²) in [6.45, 7) is 6.64. The first-order chi connectivity index (χ1) is 12.5. The highest BCUT2D eigenvalue weighted by atomic mass is 32.2. The van der Waals surface area contributed by atoms with E-state index in [0.717, 1.165) is 33.3 Å². The van der Waals surface area contributed by atoms with Gasteiger partial charge in [0.05, 0.1) is 17.7 Å². The Labute approximate surface area is 158 Å². The Morgan fingerprint density at radius 3 is 2.35 bits per heavy atom. The van der Waals surface area contributed by atoms with Crippen LogP contribution in [0, 0.1) is 13.8 Å². The van der Waals surface area contributed by atoms with E-state index in [1.165, 1.54) is 11.8 Å². The zero-order chi connectivity index (χ0) is 18.7. The third-order valence-corrected chi connectivity index (χ3v) is 5.27. The Morgan fingerprint density at radius 2 is 1.77 bits per heavy atom. The van der Waals surface area contributed by atoms with Crippen LogP contribution in [-0.4, -0.2) is 29.6 Å². The van der Waals surface area contributed by atoms with E-state index in [1.54, 1.807) is 12.0 Å². The zero-order valence-corrected chi connectivity index (χ0v) is 16.3. The SMILES string of the molecule is CCN1C(=O)/C(=C\c2ccc(OC)cc2)SC1=Nc1c(C)cccc1C. The molecule has 4 nitrogen and oxygen atoms in total. The fourth-order valence-corrected chi connectivity index (χ4v) is 3.85. The molecule has 0 atom stereocenters. The quantitative estimate of drug-likeness (QED) is 0.720. The summed E-state index contributed by atoms with van der Waals surface area (Å²) < 4.78 is 5.18. The zero-order valence-electron chi connectivity index (χ0n) is 15.4. The average Bonchev–Trinajstić information content (AvgIpc) is 2.93. The highest BCUT2D eigenvalue weighted by Crippen LogP contribution is 2.35. The molecule has 1 heterocycles. The minimum Gasteiger partial charge on any atom is -0.497 e. The highest BCUT2D eigenvalue weighted by Gasteiger charge is 2.32. The van der Waals surface area contributed by atoms with Gasteiger partial charge in [-0.3, -0.25) is 9.69 Å². The number of hydrogen-bond donors (Lipinski definition) is 0. The molecule has 134 valence electrons. The number of nitrogens with zero attached hydrogens (tertiary/aromatic N) is 2. The van der Waals surface area contributed by atoms with Gasteiger partial charge in [0.15, 0.2) is 5.17 Å². The van der Waals surface area contributed by atoms with Crippen LogP contribution in [0.5, 0.6) is 5.75 Å². The Balaban J connectivity index is 1.95. The third-order valence-electron chi connectivity index (χ3n) is 4.26. The average molecular weight is 366 g/mol. The molecule has 2 aromatic carbocycles. The molecule has 0 aromatic heterocycles. The standard InChI is InChI=1S/C21H22N2O2S/c1-5-23-20(24)18(13-16-9-11-17(25-4)12-10-16)26-21(23)22-19-14(2)7-6-8-15(19)3/h6-13H,5H2,1-4H3/b18-13+,22-21?. The lowest BCUT2D eigenvalue weighted by atomic mass is 10.1. The van der Waals surface area contributed by atoms with E-state index in [9.17, 15) is 4.79 Å². The van der Waals surface area contributed by atoms with Crippen molar-refractivity contribution in [2.45, 2.75) is 20.8 Å². The molecule has 5 heteroatoms. The van der Waals surface area contributed by atoms with E-state index in [4.69, 9.17) is 9.73 Å². The van der Waals surface area contributed by atoms with Crippen LogP contribution >= 0.6 is 11.8 Å². The number of rotatable bonds is 4. The van der Waals surface area contributed by atoms with Crippen LogP contribution in [-0.2, 0) is 4.79 Å². The summed E-state index contributed by atoms with van der Waals surface area (Å²) in [6.07, 6.45) is 1.91. The maximum atomic E-state index is 12.8. The number of amides is 1. The maximum absolute atomic E-state index is 12.8. The van der Waals surface area contributed by atoms with Crippen LogP contribution in [0.1, 0.15) is 23.6 Å². The molecular formula is C21H22N2O2S. The number of thioether (sulfide) groups is 1. The van der Waals surface area contributed by atoms with Gasteiger partial charge in [-0.05, 0) is 67.4 Å². The Kier molecular flexibility index (Phi) is 5.47. The number of methoxy groups -OCH3 is 1. The Hall–Kier alpha value is -2.53. The molecule has 1 aliphatic heterocycles. The molecule has 0 spiro atoms. The maximum Gasteiger partial charge on any atom is 0.266 e. The summed E-state index contributed by atoms with van der Waals surface area (Å²) in [4.78, 5) is 20.0. The molecule has 26 heavy (non-hydrogen) atoms.